The molecule has 1 aromatic carbocycles. The number of aromatic nitrogens is 2. The number of rotatable bonds is 3. The largest absolute Gasteiger partial charge is 0.436 e. The number of anilines is 1. The smallest absolute Gasteiger partial charge is 0.239 e. The molecule has 0 amide bonds. The van der Waals surface area contributed by atoms with Gasteiger partial charge in [-0.25, -0.2) is 4.98 Å². The molecule has 0 fully saturated rings. The highest BCUT2D eigenvalue weighted by molar-refractivity contribution is 9.10. The molecule has 0 aliphatic carbocycles. The van der Waals surface area contributed by atoms with Crippen molar-refractivity contribution in [3.8, 4) is 11.6 Å². The average molecular weight is 363 g/mol. The zero-order valence-electron chi connectivity index (χ0n) is 9.95. The fraction of sp³-hybridized carbons (Fsp3) is 0.167. The second-order valence-corrected chi connectivity index (χ2v) is 5.31. The van der Waals surface area contributed by atoms with Gasteiger partial charge in [-0.3, -0.25) is 0 Å². The number of ether oxygens (including phenoxy) is 1. The van der Waals surface area contributed by atoms with Crippen LogP contribution in [0.4, 0.5) is 5.82 Å². The lowest BCUT2D eigenvalue weighted by Gasteiger charge is -2.10. The number of benzene rings is 1. The molecule has 1 aromatic heterocycles. The fourth-order valence-electron chi connectivity index (χ4n) is 1.38. The number of halogens is 3. The zero-order chi connectivity index (χ0) is 14.0. The first-order valence-corrected chi connectivity index (χ1v) is 7.01. The number of nitrogens with two attached hydrogens (primary N) is 1. The van der Waals surface area contributed by atoms with Crippen LogP contribution in [0.15, 0.2) is 22.7 Å². The van der Waals surface area contributed by atoms with E-state index >= 15 is 0 Å². The summed E-state index contributed by atoms with van der Waals surface area (Å²) in [5.41, 5.74) is 5.78. The summed E-state index contributed by atoms with van der Waals surface area (Å²) in [6.07, 6.45) is 0.655. The summed E-state index contributed by atoms with van der Waals surface area (Å²) >= 11 is 15.2. The van der Waals surface area contributed by atoms with Crippen LogP contribution in [-0.2, 0) is 6.42 Å². The van der Waals surface area contributed by atoms with Crippen LogP contribution in [0.3, 0.4) is 0 Å². The molecule has 0 saturated carbocycles. The average Bonchev–Trinajstić information content (AvgIpc) is 2.37. The number of nitrogens with zero attached hydrogens (tertiary/aromatic N) is 2. The van der Waals surface area contributed by atoms with Crippen LogP contribution in [0.5, 0.6) is 11.6 Å². The first-order valence-electron chi connectivity index (χ1n) is 5.46. The highest BCUT2D eigenvalue weighted by atomic mass is 79.9. The minimum Gasteiger partial charge on any atom is -0.436 e. The molecule has 2 N–H and O–H groups in total. The predicted octanol–water partition coefficient (Wildman–Crippen LogP) is 4.48. The molecule has 4 nitrogen and oxygen atoms in total. The van der Waals surface area contributed by atoms with Crippen molar-refractivity contribution >= 4 is 44.9 Å². The lowest BCUT2D eigenvalue weighted by molar-refractivity contribution is 0.456. The van der Waals surface area contributed by atoms with E-state index in [0.29, 0.717) is 44.2 Å². The topological polar surface area (TPSA) is 61.0 Å². The van der Waals surface area contributed by atoms with E-state index in [0.717, 1.165) is 0 Å². The van der Waals surface area contributed by atoms with Crippen LogP contribution in [0, 0.1) is 0 Å². The van der Waals surface area contributed by atoms with E-state index in [-0.39, 0.29) is 0 Å². The monoisotopic (exact) mass is 361 g/mol. The van der Waals surface area contributed by atoms with Gasteiger partial charge in [0.15, 0.2) is 0 Å². The van der Waals surface area contributed by atoms with Crippen LogP contribution in [0.1, 0.15) is 12.7 Å². The van der Waals surface area contributed by atoms with E-state index in [1.165, 1.54) is 0 Å². The van der Waals surface area contributed by atoms with E-state index in [1.807, 2.05) is 6.92 Å². The fourth-order valence-corrected chi connectivity index (χ4v) is 2.08. The Bertz CT molecular complexity index is 622. The summed E-state index contributed by atoms with van der Waals surface area (Å²) < 4.78 is 6.15. The number of hydrogen-bond donors (Lipinski definition) is 1. The van der Waals surface area contributed by atoms with Gasteiger partial charge in [-0.15, -0.1) is 0 Å². The molecule has 0 spiro atoms. The zero-order valence-corrected chi connectivity index (χ0v) is 13.1. The molecule has 7 heteroatoms. The maximum absolute atomic E-state index is 6.05. The normalized spacial score (nSPS) is 10.5. The van der Waals surface area contributed by atoms with Gasteiger partial charge >= 0.3 is 0 Å². The Kier molecular flexibility index (Phi) is 4.50. The van der Waals surface area contributed by atoms with E-state index in [9.17, 15) is 0 Å². The second kappa shape index (κ2) is 5.94. The van der Waals surface area contributed by atoms with Gasteiger partial charge < -0.3 is 10.5 Å². The summed E-state index contributed by atoms with van der Waals surface area (Å²) in [5.74, 6) is 1.70. The van der Waals surface area contributed by atoms with Crippen molar-refractivity contribution in [1.82, 2.24) is 9.97 Å². The van der Waals surface area contributed by atoms with Gasteiger partial charge in [0.05, 0.1) is 5.02 Å². The maximum atomic E-state index is 6.05. The molecular weight excluding hydrogens is 353 g/mol. The summed E-state index contributed by atoms with van der Waals surface area (Å²) in [7, 11) is 0. The van der Waals surface area contributed by atoms with Crippen LogP contribution in [-0.4, -0.2) is 9.97 Å². The van der Waals surface area contributed by atoms with E-state index < -0.39 is 0 Å². The van der Waals surface area contributed by atoms with Crippen LogP contribution >= 0.6 is 39.1 Å². The van der Waals surface area contributed by atoms with Gasteiger partial charge in [0.2, 0.25) is 5.88 Å². The highest BCUT2D eigenvalue weighted by Crippen LogP contribution is 2.35. The first-order chi connectivity index (χ1) is 9.01. The molecule has 0 saturated heterocycles. The quantitative estimate of drug-likeness (QED) is 0.874. The molecule has 2 rings (SSSR count). The lowest BCUT2D eigenvalue weighted by atomic mass is 10.3. The van der Waals surface area contributed by atoms with Crippen molar-refractivity contribution in [3.63, 3.8) is 0 Å². The van der Waals surface area contributed by atoms with Crippen molar-refractivity contribution < 1.29 is 4.74 Å². The third-order valence-electron chi connectivity index (χ3n) is 2.31. The van der Waals surface area contributed by atoms with Crippen molar-refractivity contribution in [3.05, 3.63) is 38.5 Å². The van der Waals surface area contributed by atoms with Crippen LogP contribution in [0.25, 0.3) is 0 Å². The molecule has 0 atom stereocenters. The molecule has 0 aliphatic heterocycles. The summed E-state index contributed by atoms with van der Waals surface area (Å²) in [5, 5.41) is 0.933. The molecule has 1 heterocycles. The Morgan fingerprint density at radius 1 is 1.32 bits per heavy atom. The summed E-state index contributed by atoms with van der Waals surface area (Å²) in [6, 6.07) is 4.95. The SMILES string of the molecule is CCc1nc(N)c(Br)c(Oc2ccc(Cl)cc2Cl)n1. The molecule has 0 radical (unpaired) electrons. The second-order valence-electron chi connectivity index (χ2n) is 3.67. The van der Waals surface area contributed by atoms with E-state index in [2.05, 4.69) is 25.9 Å². The Hall–Kier alpha value is -1.04. The van der Waals surface area contributed by atoms with Crippen molar-refractivity contribution in [1.29, 1.82) is 0 Å². The molecule has 100 valence electrons. The molecular formula is C12H10BrCl2N3O. The molecule has 0 bridgehead atoms. The highest BCUT2D eigenvalue weighted by Gasteiger charge is 2.13. The maximum Gasteiger partial charge on any atom is 0.239 e. The number of aryl methyl sites for hydroxylation is 1. The standard InChI is InChI=1S/C12H10BrCl2N3O/c1-2-9-17-11(16)10(13)12(18-9)19-8-4-3-6(14)5-7(8)15/h3-5H,2H2,1H3,(H2,16,17,18). The van der Waals surface area contributed by atoms with Gasteiger partial charge in [-0.05, 0) is 34.1 Å². The summed E-state index contributed by atoms with van der Waals surface area (Å²) in [4.78, 5) is 8.37. The predicted molar refractivity (Wildman–Crippen MR) is 80.1 cm³/mol. The molecule has 0 unspecified atom stereocenters. The molecule has 2 aromatic rings. The van der Waals surface area contributed by atoms with Gasteiger partial charge in [-0.2, -0.15) is 4.98 Å². The number of nitrogen functional groups attached to an aromatic ring is 1. The van der Waals surface area contributed by atoms with Crippen molar-refractivity contribution in [2.75, 3.05) is 5.73 Å². The number of hydrogen-bond acceptors (Lipinski definition) is 4. The Balaban J connectivity index is 2.40. The van der Waals surface area contributed by atoms with Crippen molar-refractivity contribution in [2.24, 2.45) is 0 Å². The molecule has 19 heavy (non-hydrogen) atoms. The lowest BCUT2D eigenvalue weighted by Crippen LogP contribution is -2.02. The van der Waals surface area contributed by atoms with Gasteiger partial charge in [0.25, 0.3) is 0 Å². The van der Waals surface area contributed by atoms with E-state index in [1.54, 1.807) is 18.2 Å². The Morgan fingerprint density at radius 3 is 2.68 bits per heavy atom. The molecule has 0 aliphatic rings. The van der Waals surface area contributed by atoms with E-state index in [4.69, 9.17) is 33.7 Å². The van der Waals surface area contributed by atoms with Crippen LogP contribution in [0.2, 0.25) is 10.0 Å². The van der Waals surface area contributed by atoms with Crippen molar-refractivity contribution in [2.45, 2.75) is 13.3 Å². The minimum atomic E-state index is 0.326. The Morgan fingerprint density at radius 2 is 2.05 bits per heavy atom. The Labute approximate surface area is 129 Å². The first kappa shape index (κ1) is 14.4. The van der Waals surface area contributed by atoms with Crippen LogP contribution < -0.4 is 10.5 Å². The third-order valence-corrected chi connectivity index (χ3v) is 3.59. The van der Waals surface area contributed by atoms with Gasteiger partial charge in [0, 0.05) is 11.4 Å². The third kappa shape index (κ3) is 3.29. The summed E-state index contributed by atoms with van der Waals surface area (Å²) in [6.45, 7) is 1.93. The van der Waals surface area contributed by atoms with Gasteiger partial charge in [-0.1, -0.05) is 30.1 Å². The minimum absolute atomic E-state index is 0.326. The van der Waals surface area contributed by atoms with Gasteiger partial charge in [0.1, 0.15) is 21.9 Å².